The van der Waals surface area contributed by atoms with Gasteiger partial charge in [-0.25, -0.2) is 0 Å². The molecule has 0 bridgehead atoms. The van der Waals surface area contributed by atoms with E-state index in [1.165, 1.54) is 0 Å². The van der Waals surface area contributed by atoms with E-state index >= 15 is 0 Å². The zero-order chi connectivity index (χ0) is 22.5. The second-order valence-corrected chi connectivity index (χ2v) is 7.99. The van der Waals surface area contributed by atoms with Gasteiger partial charge in [-0.2, -0.15) is 0 Å². The van der Waals surface area contributed by atoms with E-state index in [1.54, 1.807) is 14.2 Å². The molecule has 0 atom stereocenters. The maximum Gasteiger partial charge on any atom is 0.254 e. The highest BCUT2D eigenvalue weighted by atomic mass is 16.5. The summed E-state index contributed by atoms with van der Waals surface area (Å²) in [6.45, 7) is 1.51. The minimum absolute atomic E-state index is 0.00660. The highest BCUT2D eigenvalue weighted by Gasteiger charge is 2.28. The first-order chi connectivity index (χ1) is 15.6. The monoisotopic (exact) mass is 432 g/mol. The van der Waals surface area contributed by atoms with Gasteiger partial charge in [0.1, 0.15) is 11.5 Å². The molecule has 1 fully saturated rings. The largest absolute Gasteiger partial charge is 0.497 e. The van der Waals surface area contributed by atoms with Crippen molar-refractivity contribution in [2.45, 2.75) is 19.4 Å². The fourth-order valence-corrected chi connectivity index (χ4v) is 4.27. The third kappa shape index (κ3) is 4.54. The molecule has 0 saturated carbocycles. The van der Waals surface area contributed by atoms with E-state index in [9.17, 15) is 9.59 Å². The quantitative estimate of drug-likeness (QED) is 0.639. The van der Waals surface area contributed by atoms with Crippen LogP contribution in [0.2, 0.25) is 0 Å². The van der Waals surface area contributed by atoms with Crippen molar-refractivity contribution in [2.75, 3.05) is 27.3 Å². The highest BCUT2D eigenvalue weighted by Crippen LogP contribution is 2.26. The van der Waals surface area contributed by atoms with E-state index < -0.39 is 0 Å². The van der Waals surface area contributed by atoms with Crippen LogP contribution >= 0.6 is 0 Å². The summed E-state index contributed by atoms with van der Waals surface area (Å²) in [5, 5.41) is 5.04. The normalized spacial score (nSPS) is 14.2. The lowest BCUT2D eigenvalue weighted by atomic mass is 9.94. The molecule has 32 heavy (non-hydrogen) atoms. The van der Waals surface area contributed by atoms with Crippen molar-refractivity contribution in [3.8, 4) is 11.5 Å². The number of ether oxygens (including phenoxy) is 2. The second kappa shape index (κ2) is 9.73. The first kappa shape index (κ1) is 21.7. The van der Waals surface area contributed by atoms with Crippen molar-refractivity contribution in [1.82, 2.24) is 10.2 Å². The molecule has 0 unspecified atom stereocenters. The summed E-state index contributed by atoms with van der Waals surface area (Å²) in [6.07, 6.45) is 1.30. The Bertz CT molecular complexity index is 1110. The molecule has 3 aromatic rings. The van der Waals surface area contributed by atoms with Crippen molar-refractivity contribution in [2.24, 2.45) is 5.92 Å². The van der Waals surface area contributed by atoms with Crippen molar-refractivity contribution in [3.63, 3.8) is 0 Å². The van der Waals surface area contributed by atoms with Crippen molar-refractivity contribution in [1.29, 1.82) is 0 Å². The number of hydrogen-bond donors (Lipinski definition) is 1. The van der Waals surface area contributed by atoms with Crippen LogP contribution in [0.5, 0.6) is 11.5 Å². The van der Waals surface area contributed by atoms with Crippen molar-refractivity contribution in [3.05, 3.63) is 71.8 Å². The molecule has 4 rings (SSSR count). The topological polar surface area (TPSA) is 67.9 Å². The third-order valence-corrected chi connectivity index (χ3v) is 6.11. The lowest BCUT2D eigenvalue weighted by Crippen LogP contribution is -2.43. The van der Waals surface area contributed by atoms with Gasteiger partial charge in [0.15, 0.2) is 0 Å². The summed E-state index contributed by atoms with van der Waals surface area (Å²) < 4.78 is 10.7. The number of benzene rings is 3. The molecule has 0 radical (unpaired) electrons. The molecule has 2 amide bonds. The molecule has 1 saturated heterocycles. The zero-order valence-corrected chi connectivity index (χ0v) is 18.5. The molecule has 0 aromatic heterocycles. The molecule has 1 N–H and O–H groups in total. The fraction of sp³-hybridized carbons (Fsp3) is 0.308. The van der Waals surface area contributed by atoms with E-state index in [1.807, 2.05) is 65.6 Å². The Kier molecular flexibility index (Phi) is 6.59. The van der Waals surface area contributed by atoms with E-state index in [2.05, 4.69) is 5.32 Å². The van der Waals surface area contributed by atoms with Gasteiger partial charge in [0, 0.05) is 36.7 Å². The first-order valence-corrected chi connectivity index (χ1v) is 10.9. The first-order valence-electron chi connectivity index (χ1n) is 10.9. The predicted octanol–water partition coefficient (Wildman–Crippen LogP) is 4.03. The van der Waals surface area contributed by atoms with Gasteiger partial charge in [-0.15, -0.1) is 0 Å². The van der Waals surface area contributed by atoms with Gasteiger partial charge in [-0.1, -0.05) is 36.4 Å². The lowest BCUT2D eigenvalue weighted by Gasteiger charge is -2.31. The Labute approximate surface area is 188 Å². The Morgan fingerprint density at radius 2 is 1.72 bits per heavy atom. The van der Waals surface area contributed by atoms with Crippen LogP contribution in [0, 0.1) is 5.92 Å². The van der Waals surface area contributed by atoms with E-state index in [-0.39, 0.29) is 17.7 Å². The predicted molar refractivity (Wildman–Crippen MR) is 124 cm³/mol. The van der Waals surface area contributed by atoms with Gasteiger partial charge in [-0.05, 0) is 47.9 Å². The highest BCUT2D eigenvalue weighted by molar-refractivity contribution is 6.07. The van der Waals surface area contributed by atoms with Gasteiger partial charge in [-0.3, -0.25) is 9.59 Å². The maximum absolute atomic E-state index is 13.1. The molecule has 1 heterocycles. The van der Waals surface area contributed by atoms with Crippen LogP contribution in [-0.4, -0.2) is 44.0 Å². The van der Waals surface area contributed by atoms with Crippen LogP contribution in [-0.2, 0) is 11.3 Å². The van der Waals surface area contributed by atoms with Crippen LogP contribution in [0.15, 0.2) is 60.7 Å². The number of carbonyl (C=O) groups is 2. The smallest absolute Gasteiger partial charge is 0.254 e. The molecule has 1 aliphatic rings. The van der Waals surface area contributed by atoms with Gasteiger partial charge in [0.05, 0.1) is 14.2 Å². The molecular weight excluding hydrogens is 404 g/mol. The van der Waals surface area contributed by atoms with E-state index in [4.69, 9.17) is 9.47 Å². The standard InChI is InChI=1S/C26H28N2O4/c1-31-21-10-11-24(32-2)20(16-21)17-27-25(29)19-12-14-28(15-13-19)26(30)23-9-5-7-18-6-3-4-8-22(18)23/h3-11,16,19H,12-15,17H2,1-2H3,(H,27,29). The number of piperidine rings is 1. The number of fused-ring (bicyclic) bond motifs is 1. The average molecular weight is 433 g/mol. The van der Waals surface area contributed by atoms with Gasteiger partial charge in [0.2, 0.25) is 5.91 Å². The van der Waals surface area contributed by atoms with E-state index in [0.29, 0.717) is 38.2 Å². The summed E-state index contributed by atoms with van der Waals surface area (Å²) >= 11 is 0. The van der Waals surface area contributed by atoms with E-state index in [0.717, 1.165) is 27.6 Å². The van der Waals surface area contributed by atoms with Gasteiger partial charge < -0.3 is 19.7 Å². The molecule has 6 heteroatoms. The summed E-state index contributed by atoms with van der Waals surface area (Å²) in [7, 11) is 3.22. The van der Waals surface area contributed by atoms with Crippen LogP contribution < -0.4 is 14.8 Å². The Morgan fingerprint density at radius 1 is 0.969 bits per heavy atom. The molecule has 6 nitrogen and oxygen atoms in total. The second-order valence-electron chi connectivity index (χ2n) is 7.99. The lowest BCUT2D eigenvalue weighted by molar-refractivity contribution is -0.126. The Balaban J connectivity index is 1.35. The maximum atomic E-state index is 13.1. The van der Waals surface area contributed by atoms with Gasteiger partial charge >= 0.3 is 0 Å². The summed E-state index contributed by atoms with van der Waals surface area (Å²) in [5.74, 6) is 1.36. The molecule has 0 spiro atoms. The SMILES string of the molecule is COc1ccc(OC)c(CNC(=O)C2CCN(C(=O)c3cccc4ccccc34)CC2)c1. The molecule has 3 aromatic carbocycles. The molecular formula is C26H28N2O4. The molecule has 166 valence electrons. The molecule has 0 aliphatic carbocycles. The number of hydrogen-bond acceptors (Lipinski definition) is 4. The van der Waals surface area contributed by atoms with Crippen LogP contribution in [0.1, 0.15) is 28.8 Å². The Hall–Kier alpha value is -3.54. The number of methoxy groups -OCH3 is 2. The number of likely N-dealkylation sites (tertiary alicyclic amines) is 1. The number of carbonyl (C=O) groups excluding carboxylic acids is 2. The summed E-state index contributed by atoms with van der Waals surface area (Å²) in [5.41, 5.74) is 1.58. The average Bonchev–Trinajstić information content (AvgIpc) is 2.86. The van der Waals surface area contributed by atoms with Crippen LogP contribution in [0.3, 0.4) is 0 Å². The number of nitrogens with one attached hydrogen (secondary N) is 1. The van der Waals surface area contributed by atoms with Crippen molar-refractivity contribution < 1.29 is 19.1 Å². The third-order valence-electron chi connectivity index (χ3n) is 6.11. The zero-order valence-electron chi connectivity index (χ0n) is 18.5. The van der Waals surface area contributed by atoms with Crippen LogP contribution in [0.4, 0.5) is 0 Å². The number of amides is 2. The van der Waals surface area contributed by atoms with Crippen LogP contribution in [0.25, 0.3) is 10.8 Å². The Morgan fingerprint density at radius 3 is 2.47 bits per heavy atom. The minimum atomic E-state index is -0.108. The van der Waals surface area contributed by atoms with Crippen molar-refractivity contribution >= 4 is 22.6 Å². The van der Waals surface area contributed by atoms with Gasteiger partial charge in [0.25, 0.3) is 5.91 Å². The summed E-state index contributed by atoms with van der Waals surface area (Å²) in [6, 6.07) is 19.3. The molecule has 1 aliphatic heterocycles. The number of nitrogens with zero attached hydrogens (tertiary/aromatic N) is 1. The number of rotatable bonds is 6. The fourth-order valence-electron chi connectivity index (χ4n) is 4.27. The minimum Gasteiger partial charge on any atom is -0.497 e. The summed E-state index contributed by atoms with van der Waals surface area (Å²) in [4.78, 5) is 27.7.